The van der Waals surface area contributed by atoms with E-state index in [1.807, 2.05) is 0 Å². The van der Waals surface area contributed by atoms with E-state index in [0.29, 0.717) is 5.82 Å². The lowest BCUT2D eigenvalue weighted by Gasteiger charge is -2.09. The van der Waals surface area contributed by atoms with E-state index in [9.17, 15) is 9.59 Å². The number of anilines is 1. The van der Waals surface area contributed by atoms with Crippen molar-refractivity contribution in [2.75, 3.05) is 5.32 Å². The predicted molar refractivity (Wildman–Crippen MR) is 70.2 cm³/mol. The molecular weight excluding hydrogens is 268 g/mol. The van der Waals surface area contributed by atoms with Crippen molar-refractivity contribution in [3.05, 3.63) is 48.0 Å². The van der Waals surface area contributed by atoms with E-state index in [4.69, 9.17) is 16.0 Å². The Morgan fingerprint density at radius 3 is 2.68 bits per heavy atom. The lowest BCUT2D eigenvalue weighted by atomic mass is 10.0. The van der Waals surface area contributed by atoms with Gasteiger partial charge in [-0.25, -0.2) is 4.98 Å². The fraction of sp³-hybridized carbons (Fsp3) is 0.154. The molecule has 5 nitrogen and oxygen atoms in total. The molecule has 6 heteroatoms. The number of carbonyl (C=O) groups excluding carboxylic acids is 2. The lowest BCUT2D eigenvalue weighted by molar-refractivity contribution is -0.117. The van der Waals surface area contributed by atoms with Gasteiger partial charge in [0.1, 0.15) is 5.82 Å². The molecule has 0 aliphatic heterocycles. The fourth-order valence-electron chi connectivity index (χ4n) is 1.49. The Morgan fingerprint density at radius 2 is 2.16 bits per heavy atom. The van der Waals surface area contributed by atoms with Crippen LogP contribution in [0.4, 0.5) is 5.82 Å². The fourth-order valence-corrected chi connectivity index (χ4v) is 1.60. The molecule has 0 saturated carbocycles. The van der Waals surface area contributed by atoms with Crippen LogP contribution in [0.25, 0.3) is 0 Å². The normalized spacial score (nSPS) is 11.9. The van der Waals surface area contributed by atoms with Crippen molar-refractivity contribution in [2.24, 2.45) is 0 Å². The van der Waals surface area contributed by atoms with Gasteiger partial charge in [0.05, 0.1) is 24.0 Å². The number of nitrogens with one attached hydrogen (secondary N) is 1. The van der Waals surface area contributed by atoms with Crippen LogP contribution < -0.4 is 5.32 Å². The van der Waals surface area contributed by atoms with Gasteiger partial charge in [0.25, 0.3) is 5.24 Å². The summed E-state index contributed by atoms with van der Waals surface area (Å²) >= 11 is 5.30. The van der Waals surface area contributed by atoms with Crippen molar-refractivity contribution < 1.29 is 14.0 Å². The second-order valence-corrected chi connectivity index (χ2v) is 4.32. The molecule has 1 atom stereocenters. The van der Waals surface area contributed by atoms with Gasteiger partial charge in [-0.15, -0.1) is 0 Å². The highest BCUT2D eigenvalue weighted by Crippen LogP contribution is 2.17. The zero-order chi connectivity index (χ0) is 13.8. The standard InChI is InChI=1S/C13H11ClN2O3/c1-8(10-4-5-19-7-10)13(18)16-11-3-2-9(6-15-11)12(14)17/h2-8H,1H3,(H,15,16,18). The summed E-state index contributed by atoms with van der Waals surface area (Å²) < 4.78 is 4.93. The van der Waals surface area contributed by atoms with Gasteiger partial charge in [0.15, 0.2) is 0 Å². The molecule has 1 amide bonds. The highest BCUT2D eigenvalue weighted by molar-refractivity contribution is 6.67. The average molecular weight is 279 g/mol. The molecule has 0 aromatic carbocycles. The molecule has 0 radical (unpaired) electrons. The largest absolute Gasteiger partial charge is 0.472 e. The van der Waals surface area contributed by atoms with Crippen molar-refractivity contribution in [3.63, 3.8) is 0 Å². The van der Waals surface area contributed by atoms with E-state index in [2.05, 4.69) is 10.3 Å². The Labute approximate surface area is 114 Å². The summed E-state index contributed by atoms with van der Waals surface area (Å²) in [6, 6.07) is 4.75. The predicted octanol–water partition coefficient (Wildman–Crippen LogP) is 2.80. The van der Waals surface area contributed by atoms with Gasteiger partial charge in [0, 0.05) is 11.8 Å². The molecule has 0 spiro atoms. The minimum Gasteiger partial charge on any atom is -0.472 e. The van der Waals surface area contributed by atoms with Gasteiger partial charge in [-0.05, 0) is 36.7 Å². The van der Waals surface area contributed by atoms with Crippen molar-refractivity contribution in [1.29, 1.82) is 0 Å². The number of hydrogen-bond donors (Lipinski definition) is 1. The smallest absolute Gasteiger partial charge is 0.253 e. The number of carbonyl (C=O) groups is 2. The molecule has 0 fully saturated rings. The summed E-state index contributed by atoms with van der Waals surface area (Å²) in [7, 11) is 0. The molecule has 98 valence electrons. The Hall–Kier alpha value is -2.14. The van der Waals surface area contributed by atoms with E-state index in [1.54, 1.807) is 13.0 Å². The van der Waals surface area contributed by atoms with Gasteiger partial charge in [0.2, 0.25) is 5.91 Å². The molecule has 0 bridgehead atoms. The minimum atomic E-state index is -0.586. The van der Waals surface area contributed by atoms with Gasteiger partial charge in [-0.2, -0.15) is 0 Å². The van der Waals surface area contributed by atoms with Gasteiger partial charge < -0.3 is 9.73 Å². The first-order valence-corrected chi connectivity index (χ1v) is 5.94. The molecule has 0 aliphatic rings. The van der Waals surface area contributed by atoms with Crippen LogP contribution in [0.3, 0.4) is 0 Å². The number of nitrogens with zero attached hydrogens (tertiary/aromatic N) is 1. The van der Waals surface area contributed by atoms with Crippen LogP contribution >= 0.6 is 11.6 Å². The molecule has 2 aromatic heterocycles. The maximum Gasteiger partial charge on any atom is 0.253 e. The first-order valence-electron chi connectivity index (χ1n) is 5.57. The van der Waals surface area contributed by atoms with E-state index < -0.39 is 5.24 Å². The zero-order valence-corrected chi connectivity index (χ0v) is 10.8. The van der Waals surface area contributed by atoms with Crippen LogP contribution in [-0.4, -0.2) is 16.1 Å². The Morgan fingerprint density at radius 1 is 1.37 bits per heavy atom. The summed E-state index contributed by atoms with van der Waals surface area (Å²) in [6.45, 7) is 1.76. The zero-order valence-electron chi connectivity index (χ0n) is 10.1. The first kappa shape index (κ1) is 13.3. The minimum absolute atomic E-state index is 0.209. The third kappa shape index (κ3) is 3.20. The lowest BCUT2D eigenvalue weighted by Crippen LogP contribution is -2.19. The van der Waals surface area contributed by atoms with Gasteiger partial charge in [-0.1, -0.05) is 0 Å². The molecule has 2 heterocycles. The second-order valence-electron chi connectivity index (χ2n) is 3.97. The maximum atomic E-state index is 11.9. The highest BCUT2D eigenvalue weighted by atomic mass is 35.5. The van der Waals surface area contributed by atoms with Crippen LogP contribution in [0.5, 0.6) is 0 Å². The molecule has 2 rings (SSSR count). The van der Waals surface area contributed by atoms with Crippen LogP contribution in [0.15, 0.2) is 41.3 Å². The van der Waals surface area contributed by atoms with Crippen molar-refractivity contribution in [2.45, 2.75) is 12.8 Å². The molecule has 0 saturated heterocycles. The van der Waals surface area contributed by atoms with Crippen LogP contribution in [0.1, 0.15) is 28.8 Å². The van der Waals surface area contributed by atoms with Gasteiger partial charge >= 0.3 is 0 Å². The van der Waals surface area contributed by atoms with E-state index in [1.165, 1.54) is 30.9 Å². The summed E-state index contributed by atoms with van der Waals surface area (Å²) in [6.07, 6.45) is 4.35. The first-order chi connectivity index (χ1) is 9.08. The SMILES string of the molecule is CC(C(=O)Nc1ccc(C(=O)Cl)cn1)c1ccoc1. The average Bonchev–Trinajstić information content (AvgIpc) is 2.92. The van der Waals surface area contributed by atoms with Crippen molar-refractivity contribution in [3.8, 4) is 0 Å². The summed E-state index contributed by atoms with van der Waals surface area (Å²) in [4.78, 5) is 26.8. The summed E-state index contributed by atoms with van der Waals surface area (Å²) in [5, 5.41) is 2.06. The third-order valence-corrected chi connectivity index (χ3v) is 2.90. The summed E-state index contributed by atoms with van der Waals surface area (Å²) in [5.74, 6) is -0.198. The molecule has 1 N–H and O–H groups in total. The number of furan rings is 1. The number of aromatic nitrogens is 1. The molecule has 19 heavy (non-hydrogen) atoms. The number of rotatable bonds is 4. The summed E-state index contributed by atoms with van der Waals surface area (Å²) in [5.41, 5.74) is 1.06. The van der Waals surface area contributed by atoms with Crippen molar-refractivity contribution in [1.82, 2.24) is 4.98 Å². The van der Waals surface area contributed by atoms with Gasteiger partial charge in [-0.3, -0.25) is 9.59 Å². The topological polar surface area (TPSA) is 72.2 Å². The quantitative estimate of drug-likeness (QED) is 0.873. The monoisotopic (exact) mass is 278 g/mol. The number of halogens is 1. The Kier molecular flexibility index (Phi) is 3.97. The third-order valence-electron chi connectivity index (χ3n) is 2.68. The maximum absolute atomic E-state index is 11.9. The second kappa shape index (κ2) is 5.67. The highest BCUT2D eigenvalue weighted by Gasteiger charge is 2.16. The Bertz CT molecular complexity index is 578. The van der Waals surface area contributed by atoms with E-state index in [-0.39, 0.29) is 17.4 Å². The van der Waals surface area contributed by atoms with Crippen LogP contribution in [0, 0.1) is 0 Å². The Balaban J connectivity index is 2.04. The van der Waals surface area contributed by atoms with Crippen LogP contribution in [-0.2, 0) is 4.79 Å². The number of hydrogen-bond acceptors (Lipinski definition) is 4. The number of amides is 1. The van der Waals surface area contributed by atoms with E-state index >= 15 is 0 Å². The number of pyridine rings is 1. The molecule has 1 unspecified atom stereocenters. The van der Waals surface area contributed by atoms with E-state index in [0.717, 1.165) is 5.56 Å². The molecule has 2 aromatic rings. The molecule has 0 aliphatic carbocycles. The van der Waals surface area contributed by atoms with Crippen molar-refractivity contribution >= 4 is 28.6 Å². The molecular formula is C13H11ClN2O3. The van der Waals surface area contributed by atoms with Crippen LogP contribution in [0.2, 0.25) is 0 Å².